The molecule has 0 aliphatic carbocycles. The molecule has 0 bridgehead atoms. The lowest BCUT2D eigenvalue weighted by Crippen LogP contribution is -2.21. The number of benzene rings is 2. The highest BCUT2D eigenvalue weighted by atomic mass is 19.1. The monoisotopic (exact) mass is 347 g/mol. The highest BCUT2D eigenvalue weighted by Crippen LogP contribution is 2.21. The Labute approximate surface area is 141 Å². The third-order valence-corrected chi connectivity index (χ3v) is 3.27. The Morgan fingerprint density at radius 1 is 1.28 bits per heavy atom. The number of ether oxygens (including phenoxy) is 1. The zero-order valence-corrected chi connectivity index (χ0v) is 13.1. The Morgan fingerprint density at radius 2 is 2.00 bits per heavy atom. The summed E-state index contributed by atoms with van der Waals surface area (Å²) in [6.07, 6.45) is 0. The van der Waals surface area contributed by atoms with Gasteiger partial charge < -0.3 is 15.8 Å². The molecule has 8 nitrogen and oxygen atoms in total. The van der Waals surface area contributed by atoms with Gasteiger partial charge in [-0.2, -0.15) is 0 Å². The van der Waals surface area contributed by atoms with Crippen molar-refractivity contribution in [2.24, 2.45) is 0 Å². The molecule has 0 aromatic heterocycles. The minimum Gasteiger partial charge on any atom is -0.452 e. The molecule has 1 amide bonds. The number of nitro benzene ring substituents is 1. The van der Waals surface area contributed by atoms with Crippen LogP contribution in [0.2, 0.25) is 0 Å². The highest BCUT2D eigenvalue weighted by Gasteiger charge is 2.15. The maximum Gasteiger partial charge on any atom is 0.340 e. The summed E-state index contributed by atoms with van der Waals surface area (Å²) in [7, 11) is 0. The topological polar surface area (TPSA) is 125 Å². The van der Waals surface area contributed by atoms with Crippen LogP contribution in [0.5, 0.6) is 0 Å². The summed E-state index contributed by atoms with van der Waals surface area (Å²) in [5, 5.41) is 13.2. The molecular weight excluding hydrogens is 333 g/mol. The number of nitrogens with two attached hydrogens (primary N) is 1. The van der Waals surface area contributed by atoms with Crippen LogP contribution in [0.1, 0.15) is 15.9 Å². The van der Waals surface area contributed by atoms with Gasteiger partial charge in [0.1, 0.15) is 5.82 Å². The molecule has 25 heavy (non-hydrogen) atoms. The minimum absolute atomic E-state index is 0.0688. The molecule has 2 rings (SSSR count). The summed E-state index contributed by atoms with van der Waals surface area (Å²) in [5.74, 6) is -2.17. The van der Waals surface area contributed by atoms with Crippen molar-refractivity contribution in [3.8, 4) is 0 Å². The van der Waals surface area contributed by atoms with Crippen molar-refractivity contribution in [2.45, 2.75) is 6.92 Å². The van der Waals surface area contributed by atoms with E-state index in [0.717, 1.165) is 18.2 Å². The lowest BCUT2D eigenvalue weighted by molar-refractivity contribution is -0.384. The van der Waals surface area contributed by atoms with E-state index in [1.54, 1.807) is 6.92 Å². The van der Waals surface area contributed by atoms with Crippen LogP contribution in [0.15, 0.2) is 36.4 Å². The number of hydrogen-bond acceptors (Lipinski definition) is 6. The fraction of sp³-hybridized carbons (Fsp3) is 0.125. The van der Waals surface area contributed by atoms with Crippen molar-refractivity contribution in [1.82, 2.24) is 0 Å². The average molecular weight is 347 g/mol. The summed E-state index contributed by atoms with van der Waals surface area (Å²) < 4.78 is 17.8. The standard InChI is InChI=1S/C16H14FN3O5/c1-9-2-4-11(20(23)24)7-14(9)19-15(21)8-25-16(22)12-5-3-10(17)6-13(12)18/h2-7H,8,18H2,1H3,(H,19,21). The smallest absolute Gasteiger partial charge is 0.340 e. The SMILES string of the molecule is Cc1ccc([N+](=O)[O-])cc1NC(=O)COC(=O)c1ccc(F)cc1N. The molecule has 0 saturated carbocycles. The van der Waals surface area contributed by atoms with Gasteiger partial charge in [0.2, 0.25) is 0 Å². The third kappa shape index (κ3) is 4.50. The summed E-state index contributed by atoms with van der Waals surface area (Å²) in [6.45, 7) is 1.03. The second-order valence-electron chi connectivity index (χ2n) is 5.11. The number of nitrogens with zero attached hydrogens (tertiary/aromatic N) is 1. The van der Waals surface area contributed by atoms with Crippen molar-refractivity contribution < 1.29 is 23.6 Å². The van der Waals surface area contributed by atoms with Crippen LogP contribution in [0.4, 0.5) is 21.5 Å². The number of aryl methyl sites for hydroxylation is 1. The van der Waals surface area contributed by atoms with E-state index in [2.05, 4.69) is 5.32 Å². The molecule has 0 aliphatic rings. The maximum atomic E-state index is 13.0. The molecule has 0 spiro atoms. The number of nitrogen functional groups attached to an aromatic ring is 1. The second kappa shape index (κ2) is 7.39. The molecule has 2 aromatic carbocycles. The first-order valence-electron chi connectivity index (χ1n) is 7.05. The number of hydrogen-bond donors (Lipinski definition) is 2. The number of anilines is 2. The minimum atomic E-state index is -0.886. The van der Waals surface area contributed by atoms with E-state index in [1.165, 1.54) is 18.2 Å². The van der Waals surface area contributed by atoms with E-state index in [9.17, 15) is 24.1 Å². The van der Waals surface area contributed by atoms with Crippen molar-refractivity contribution in [2.75, 3.05) is 17.7 Å². The number of nitrogens with one attached hydrogen (secondary N) is 1. The number of esters is 1. The largest absolute Gasteiger partial charge is 0.452 e. The quantitative estimate of drug-likeness (QED) is 0.370. The predicted octanol–water partition coefficient (Wildman–Crippen LogP) is 2.42. The zero-order chi connectivity index (χ0) is 18.6. The van der Waals surface area contributed by atoms with Crippen LogP contribution in [-0.4, -0.2) is 23.4 Å². The van der Waals surface area contributed by atoms with Gasteiger partial charge in [-0.15, -0.1) is 0 Å². The van der Waals surface area contributed by atoms with Crippen LogP contribution in [0, 0.1) is 22.9 Å². The van der Waals surface area contributed by atoms with E-state index in [-0.39, 0.29) is 22.6 Å². The Kier molecular flexibility index (Phi) is 5.28. The van der Waals surface area contributed by atoms with E-state index in [1.807, 2.05) is 0 Å². The van der Waals surface area contributed by atoms with Gasteiger partial charge in [-0.25, -0.2) is 9.18 Å². The van der Waals surface area contributed by atoms with E-state index < -0.39 is 29.2 Å². The first-order valence-corrected chi connectivity index (χ1v) is 7.05. The van der Waals surface area contributed by atoms with Gasteiger partial charge in [0.05, 0.1) is 16.2 Å². The van der Waals surface area contributed by atoms with Gasteiger partial charge in [-0.05, 0) is 30.7 Å². The number of nitro groups is 1. The highest BCUT2D eigenvalue weighted by molar-refractivity contribution is 5.98. The van der Waals surface area contributed by atoms with Gasteiger partial charge in [0.15, 0.2) is 6.61 Å². The number of carbonyl (C=O) groups excluding carboxylic acids is 2. The molecular formula is C16H14FN3O5. The molecule has 0 unspecified atom stereocenters. The van der Waals surface area contributed by atoms with E-state index >= 15 is 0 Å². The van der Waals surface area contributed by atoms with E-state index in [4.69, 9.17) is 10.5 Å². The molecule has 0 saturated heterocycles. The fourth-order valence-corrected chi connectivity index (χ4v) is 1.97. The van der Waals surface area contributed by atoms with Crippen LogP contribution in [-0.2, 0) is 9.53 Å². The van der Waals surface area contributed by atoms with Crippen molar-refractivity contribution in [3.63, 3.8) is 0 Å². The number of non-ortho nitro benzene ring substituents is 1. The van der Waals surface area contributed by atoms with Gasteiger partial charge in [0.25, 0.3) is 11.6 Å². The van der Waals surface area contributed by atoms with Crippen LogP contribution in [0.3, 0.4) is 0 Å². The van der Waals surface area contributed by atoms with Crippen LogP contribution in [0.25, 0.3) is 0 Å². The summed E-state index contributed by atoms with van der Waals surface area (Å²) >= 11 is 0. The molecule has 130 valence electrons. The first kappa shape index (κ1) is 17.9. The predicted molar refractivity (Wildman–Crippen MR) is 87.6 cm³/mol. The Hall–Kier alpha value is -3.49. The molecule has 0 fully saturated rings. The third-order valence-electron chi connectivity index (χ3n) is 3.27. The maximum absolute atomic E-state index is 13.0. The zero-order valence-electron chi connectivity index (χ0n) is 13.1. The molecule has 0 aliphatic heterocycles. The molecule has 2 aromatic rings. The molecule has 0 heterocycles. The summed E-state index contributed by atoms with van der Waals surface area (Å²) in [5.41, 5.74) is 5.99. The molecule has 9 heteroatoms. The van der Waals surface area contributed by atoms with Crippen molar-refractivity contribution in [3.05, 3.63) is 63.5 Å². The first-order chi connectivity index (χ1) is 11.8. The summed E-state index contributed by atoms with van der Waals surface area (Å²) in [4.78, 5) is 33.9. The summed E-state index contributed by atoms with van der Waals surface area (Å²) in [6, 6.07) is 7.15. The van der Waals surface area contributed by atoms with Gasteiger partial charge in [-0.1, -0.05) is 6.07 Å². The molecule has 3 N–H and O–H groups in total. The Balaban J connectivity index is 2.00. The number of rotatable bonds is 5. The Morgan fingerprint density at radius 3 is 2.64 bits per heavy atom. The second-order valence-corrected chi connectivity index (χ2v) is 5.11. The lowest BCUT2D eigenvalue weighted by atomic mass is 10.2. The Bertz CT molecular complexity index is 854. The number of amides is 1. The van der Waals surface area contributed by atoms with Crippen LogP contribution >= 0.6 is 0 Å². The number of halogens is 1. The fourth-order valence-electron chi connectivity index (χ4n) is 1.97. The normalized spacial score (nSPS) is 10.2. The van der Waals surface area contributed by atoms with Gasteiger partial charge in [0, 0.05) is 17.8 Å². The van der Waals surface area contributed by atoms with Crippen molar-refractivity contribution >= 4 is 28.9 Å². The van der Waals surface area contributed by atoms with Crippen LogP contribution < -0.4 is 11.1 Å². The lowest BCUT2D eigenvalue weighted by Gasteiger charge is -2.09. The van der Waals surface area contributed by atoms with Crippen molar-refractivity contribution in [1.29, 1.82) is 0 Å². The average Bonchev–Trinajstić information content (AvgIpc) is 2.54. The van der Waals surface area contributed by atoms with Gasteiger partial charge >= 0.3 is 5.97 Å². The van der Waals surface area contributed by atoms with E-state index in [0.29, 0.717) is 5.56 Å². The molecule has 0 radical (unpaired) electrons. The van der Waals surface area contributed by atoms with Gasteiger partial charge in [-0.3, -0.25) is 14.9 Å². The number of carbonyl (C=O) groups is 2. The molecule has 0 atom stereocenters.